The predicted octanol–water partition coefficient (Wildman–Crippen LogP) is 3.81. The summed E-state index contributed by atoms with van der Waals surface area (Å²) in [5.41, 5.74) is 5.07. The van der Waals surface area contributed by atoms with Crippen LogP contribution in [-0.4, -0.2) is 70.3 Å². The van der Waals surface area contributed by atoms with Gasteiger partial charge < -0.3 is 14.4 Å². The topological polar surface area (TPSA) is 75.6 Å². The summed E-state index contributed by atoms with van der Waals surface area (Å²) in [5, 5.41) is 0. The molecular weight excluding hydrogens is 428 g/mol. The minimum atomic E-state index is 0.152. The van der Waals surface area contributed by atoms with Crippen LogP contribution in [0.25, 0.3) is 5.57 Å². The molecule has 7 heteroatoms. The van der Waals surface area contributed by atoms with Crippen LogP contribution >= 0.6 is 0 Å². The number of nitrogens with zero attached hydrogens (tertiary/aromatic N) is 4. The van der Waals surface area contributed by atoms with E-state index in [1.165, 1.54) is 11.1 Å². The fraction of sp³-hybridized carbons (Fsp3) is 0.704. The second-order valence-corrected chi connectivity index (χ2v) is 10.7. The van der Waals surface area contributed by atoms with Crippen molar-refractivity contribution in [1.29, 1.82) is 0 Å². The fourth-order valence-electron chi connectivity index (χ4n) is 6.42. The van der Waals surface area contributed by atoms with Gasteiger partial charge in [-0.25, -0.2) is 9.97 Å². The third kappa shape index (κ3) is 4.90. The minimum absolute atomic E-state index is 0.152. The number of Topliss-reactive ketones (excluding diaryl/α,β-unsaturated/α-hetero) is 1. The first-order valence-corrected chi connectivity index (χ1v) is 13.2. The molecule has 1 saturated carbocycles. The molecule has 3 aliphatic carbocycles. The van der Waals surface area contributed by atoms with Crippen LogP contribution in [0.15, 0.2) is 11.9 Å². The van der Waals surface area contributed by atoms with Gasteiger partial charge in [0.15, 0.2) is 0 Å². The number of ketones is 1. The largest absolute Gasteiger partial charge is 0.474 e. The van der Waals surface area contributed by atoms with Gasteiger partial charge in [-0.3, -0.25) is 9.69 Å². The van der Waals surface area contributed by atoms with Crippen LogP contribution < -0.4 is 4.74 Å². The number of allylic oxidation sites excluding steroid dienone is 2. The van der Waals surface area contributed by atoms with E-state index in [-0.39, 0.29) is 17.8 Å². The molecule has 4 aliphatic rings. The number of likely N-dealkylation sites (tertiary alicyclic amines) is 1. The molecule has 1 aliphatic heterocycles. The standard InChI is InChI=1S/C27H38N4O3/c1-18(32)5-6-19-7-8-20-15-23-26(25(19)20)27(29-17-28-23)34-22-11-9-21(10-12-22)30(2)16-24(33)31-13-3-4-14-31/h17,19,21-22H,3-16H2,1-2H3/t19-,21-,22-/m0/s1. The number of amides is 1. The zero-order valence-corrected chi connectivity index (χ0v) is 20.7. The Hall–Kier alpha value is -2.28. The van der Waals surface area contributed by atoms with Crippen LogP contribution in [0.1, 0.15) is 82.4 Å². The summed E-state index contributed by atoms with van der Waals surface area (Å²) in [5.74, 6) is 1.70. The molecule has 1 saturated heterocycles. The number of hydrogen-bond donors (Lipinski definition) is 0. The molecule has 0 spiro atoms. The van der Waals surface area contributed by atoms with Crippen LogP contribution in [0.2, 0.25) is 0 Å². The van der Waals surface area contributed by atoms with Crippen molar-refractivity contribution in [2.24, 2.45) is 5.92 Å². The molecule has 2 heterocycles. The number of ether oxygens (including phenoxy) is 1. The molecule has 1 aromatic rings. The number of carbonyl (C=O) groups excluding carboxylic acids is 2. The molecule has 0 N–H and O–H groups in total. The molecule has 5 rings (SSSR count). The van der Waals surface area contributed by atoms with E-state index < -0.39 is 0 Å². The van der Waals surface area contributed by atoms with Crippen molar-refractivity contribution in [3.8, 4) is 5.88 Å². The van der Waals surface area contributed by atoms with Gasteiger partial charge in [0.2, 0.25) is 11.8 Å². The predicted molar refractivity (Wildman–Crippen MR) is 130 cm³/mol. The first-order valence-electron chi connectivity index (χ1n) is 13.2. The Balaban J connectivity index is 1.19. The molecule has 1 amide bonds. The summed E-state index contributed by atoms with van der Waals surface area (Å²) in [6.45, 7) is 4.04. The summed E-state index contributed by atoms with van der Waals surface area (Å²) in [6.07, 6.45) is 12.8. The van der Waals surface area contributed by atoms with E-state index in [9.17, 15) is 9.59 Å². The van der Waals surface area contributed by atoms with Gasteiger partial charge >= 0.3 is 0 Å². The minimum Gasteiger partial charge on any atom is -0.474 e. The summed E-state index contributed by atoms with van der Waals surface area (Å²) in [7, 11) is 2.09. The maximum absolute atomic E-state index is 12.5. The summed E-state index contributed by atoms with van der Waals surface area (Å²) >= 11 is 0. The Morgan fingerprint density at radius 2 is 1.88 bits per heavy atom. The van der Waals surface area contributed by atoms with Crippen molar-refractivity contribution < 1.29 is 14.3 Å². The van der Waals surface area contributed by atoms with E-state index in [4.69, 9.17) is 4.74 Å². The van der Waals surface area contributed by atoms with Crippen LogP contribution in [0.3, 0.4) is 0 Å². The van der Waals surface area contributed by atoms with Crippen LogP contribution in [0, 0.1) is 5.92 Å². The van der Waals surface area contributed by atoms with Crippen molar-refractivity contribution in [3.63, 3.8) is 0 Å². The van der Waals surface area contributed by atoms with Gasteiger partial charge in [0.1, 0.15) is 18.2 Å². The Morgan fingerprint density at radius 1 is 1.12 bits per heavy atom. The van der Waals surface area contributed by atoms with Gasteiger partial charge in [-0.2, -0.15) is 0 Å². The lowest BCUT2D eigenvalue weighted by Crippen LogP contribution is -2.44. The van der Waals surface area contributed by atoms with Gasteiger partial charge in [0.05, 0.1) is 17.8 Å². The lowest BCUT2D eigenvalue weighted by molar-refractivity contribution is -0.131. The van der Waals surface area contributed by atoms with Gasteiger partial charge in [-0.1, -0.05) is 5.57 Å². The Labute approximate surface area is 203 Å². The highest BCUT2D eigenvalue weighted by Gasteiger charge is 2.37. The van der Waals surface area contributed by atoms with E-state index in [1.54, 1.807) is 13.3 Å². The SMILES string of the molecule is CC(=O)CC[C@H]1CCC2=C1c1c(ncnc1O[C@H]1CC[C@H](N(C)CC(=O)N3CCCC3)CC1)C2. The third-order valence-electron chi connectivity index (χ3n) is 8.36. The molecule has 0 bridgehead atoms. The molecule has 1 aromatic heterocycles. The molecule has 2 fully saturated rings. The van der Waals surface area contributed by atoms with Crippen molar-refractivity contribution in [3.05, 3.63) is 23.2 Å². The average molecular weight is 467 g/mol. The van der Waals surface area contributed by atoms with Crippen LogP contribution in [-0.2, 0) is 16.0 Å². The van der Waals surface area contributed by atoms with Crippen molar-refractivity contribution in [2.75, 3.05) is 26.7 Å². The van der Waals surface area contributed by atoms with Gasteiger partial charge in [-0.05, 0) is 83.2 Å². The first-order chi connectivity index (χ1) is 16.5. The monoisotopic (exact) mass is 466 g/mol. The van der Waals surface area contributed by atoms with E-state index in [1.807, 2.05) is 4.90 Å². The maximum Gasteiger partial charge on any atom is 0.236 e. The number of hydrogen-bond acceptors (Lipinski definition) is 6. The zero-order chi connectivity index (χ0) is 23.7. The van der Waals surface area contributed by atoms with Crippen LogP contribution in [0.5, 0.6) is 5.88 Å². The van der Waals surface area contributed by atoms with Crippen molar-refractivity contribution in [1.82, 2.24) is 19.8 Å². The fourth-order valence-corrected chi connectivity index (χ4v) is 6.42. The lowest BCUT2D eigenvalue weighted by Gasteiger charge is -2.35. The Bertz CT molecular complexity index is 961. The highest BCUT2D eigenvalue weighted by Crippen LogP contribution is 2.50. The summed E-state index contributed by atoms with van der Waals surface area (Å²) in [4.78, 5) is 37.5. The molecule has 34 heavy (non-hydrogen) atoms. The molecule has 0 unspecified atom stereocenters. The van der Waals surface area contributed by atoms with Gasteiger partial charge in [0, 0.05) is 32.0 Å². The Morgan fingerprint density at radius 3 is 2.62 bits per heavy atom. The lowest BCUT2D eigenvalue weighted by atomic mass is 9.90. The van der Waals surface area contributed by atoms with Crippen molar-refractivity contribution in [2.45, 2.75) is 89.7 Å². The highest BCUT2D eigenvalue weighted by molar-refractivity contribution is 5.82. The average Bonchev–Trinajstić information content (AvgIpc) is 3.56. The number of likely N-dealkylation sites (N-methyl/N-ethyl adjacent to an activating group) is 1. The van der Waals surface area contributed by atoms with E-state index in [0.717, 1.165) is 94.4 Å². The Kier molecular flexibility index (Phi) is 7.00. The molecular formula is C27H38N4O3. The second-order valence-electron chi connectivity index (χ2n) is 10.7. The van der Waals surface area contributed by atoms with E-state index in [0.29, 0.717) is 24.9 Å². The van der Waals surface area contributed by atoms with Gasteiger partial charge in [-0.15, -0.1) is 0 Å². The first kappa shape index (κ1) is 23.5. The number of carbonyl (C=O) groups is 2. The molecule has 184 valence electrons. The van der Waals surface area contributed by atoms with E-state index >= 15 is 0 Å². The van der Waals surface area contributed by atoms with Crippen LogP contribution in [0.4, 0.5) is 0 Å². The molecule has 7 nitrogen and oxygen atoms in total. The quantitative estimate of drug-likeness (QED) is 0.580. The normalized spacial score (nSPS) is 26.2. The highest BCUT2D eigenvalue weighted by atomic mass is 16.5. The van der Waals surface area contributed by atoms with Crippen molar-refractivity contribution >= 4 is 17.3 Å². The number of fused-ring (bicyclic) bond motifs is 2. The number of aromatic nitrogens is 2. The smallest absolute Gasteiger partial charge is 0.236 e. The molecule has 0 radical (unpaired) electrons. The summed E-state index contributed by atoms with van der Waals surface area (Å²) in [6, 6.07) is 0.433. The van der Waals surface area contributed by atoms with Gasteiger partial charge in [0.25, 0.3) is 0 Å². The summed E-state index contributed by atoms with van der Waals surface area (Å²) < 4.78 is 6.52. The number of rotatable bonds is 8. The maximum atomic E-state index is 12.5. The molecule has 0 aromatic carbocycles. The molecule has 1 atom stereocenters. The second kappa shape index (κ2) is 10.1. The third-order valence-corrected chi connectivity index (χ3v) is 8.36. The zero-order valence-electron chi connectivity index (χ0n) is 20.7. The van der Waals surface area contributed by atoms with E-state index in [2.05, 4.69) is 21.9 Å².